The fourth-order valence-electron chi connectivity index (χ4n) is 4.64. The Morgan fingerprint density at radius 3 is 2.58 bits per heavy atom. The molecule has 1 saturated carbocycles. The van der Waals surface area contributed by atoms with E-state index >= 15 is 0 Å². The van der Waals surface area contributed by atoms with Crippen molar-refractivity contribution in [1.82, 2.24) is 30.0 Å². The predicted molar refractivity (Wildman–Crippen MR) is 123 cm³/mol. The van der Waals surface area contributed by atoms with Crippen LogP contribution in [0.2, 0.25) is 0 Å². The third-order valence-electron chi connectivity index (χ3n) is 6.97. The third-order valence-corrected chi connectivity index (χ3v) is 7.58. The van der Waals surface area contributed by atoms with Gasteiger partial charge in [0.1, 0.15) is 36.2 Å². The van der Waals surface area contributed by atoms with Crippen LogP contribution in [0.3, 0.4) is 0 Å². The van der Waals surface area contributed by atoms with E-state index in [1.165, 1.54) is 30.1 Å². The number of hydrogen-bond acceptors (Lipinski definition) is 9. The molecule has 36 heavy (non-hydrogen) atoms. The average Bonchev–Trinajstić information content (AvgIpc) is 3.28. The van der Waals surface area contributed by atoms with Crippen LogP contribution in [0.5, 0.6) is 0 Å². The second-order valence-corrected chi connectivity index (χ2v) is 10.0. The van der Waals surface area contributed by atoms with Gasteiger partial charge >= 0.3 is 0 Å². The molecule has 0 spiro atoms. The molecule has 14 heteroatoms. The molecule has 3 heterocycles. The second kappa shape index (κ2) is 9.84. The SMILES string of the molecule is CO[C@@H]1[C@@H](n2cc(-c3ccc(Br)c(F)c3F)nn2)[C@@H](O)[C@@H](CO)O[C@@H]1Cn1cc(C2(CO)CC2)nn1. The first kappa shape index (κ1) is 25.3. The van der Waals surface area contributed by atoms with Gasteiger partial charge in [-0.3, -0.25) is 0 Å². The highest BCUT2D eigenvalue weighted by Gasteiger charge is 2.48. The number of halogens is 3. The van der Waals surface area contributed by atoms with E-state index in [1.54, 1.807) is 10.9 Å². The van der Waals surface area contributed by atoms with E-state index in [0.717, 1.165) is 12.8 Å². The number of methoxy groups -OCH3 is 1. The van der Waals surface area contributed by atoms with Crippen LogP contribution in [-0.2, 0) is 21.4 Å². The summed E-state index contributed by atoms with van der Waals surface area (Å²) in [6.45, 7) is -0.305. The average molecular weight is 571 g/mol. The van der Waals surface area contributed by atoms with Gasteiger partial charge in [-0.05, 0) is 40.9 Å². The number of benzene rings is 1. The third kappa shape index (κ3) is 4.35. The Balaban J connectivity index is 1.43. The summed E-state index contributed by atoms with van der Waals surface area (Å²) in [7, 11) is 1.44. The van der Waals surface area contributed by atoms with Gasteiger partial charge in [0, 0.05) is 24.3 Å². The zero-order chi connectivity index (χ0) is 25.6. The second-order valence-electron chi connectivity index (χ2n) is 9.15. The lowest BCUT2D eigenvalue weighted by molar-refractivity contribution is -0.216. The normalized spacial score (nSPS) is 27.4. The largest absolute Gasteiger partial charge is 0.395 e. The topological polar surface area (TPSA) is 141 Å². The molecular formula is C22H25BrF2N6O5. The van der Waals surface area contributed by atoms with Gasteiger partial charge in [-0.1, -0.05) is 10.4 Å². The van der Waals surface area contributed by atoms with Gasteiger partial charge < -0.3 is 24.8 Å². The Morgan fingerprint density at radius 2 is 1.92 bits per heavy atom. The van der Waals surface area contributed by atoms with Gasteiger partial charge in [0.25, 0.3) is 0 Å². The van der Waals surface area contributed by atoms with Crippen molar-refractivity contribution in [2.24, 2.45) is 0 Å². The molecule has 1 aliphatic carbocycles. The van der Waals surface area contributed by atoms with Gasteiger partial charge in [-0.25, -0.2) is 18.1 Å². The van der Waals surface area contributed by atoms with Crippen molar-refractivity contribution >= 4 is 15.9 Å². The molecule has 5 atom stereocenters. The number of nitrogens with zero attached hydrogens (tertiary/aromatic N) is 6. The van der Waals surface area contributed by atoms with E-state index in [4.69, 9.17) is 9.47 Å². The summed E-state index contributed by atoms with van der Waals surface area (Å²) in [6.07, 6.45) is 1.12. The summed E-state index contributed by atoms with van der Waals surface area (Å²) in [5.41, 5.74) is 0.303. The molecular weight excluding hydrogens is 546 g/mol. The van der Waals surface area contributed by atoms with Crippen LogP contribution >= 0.6 is 15.9 Å². The number of aliphatic hydroxyl groups is 3. The lowest BCUT2D eigenvalue weighted by Crippen LogP contribution is -2.57. The molecule has 0 radical (unpaired) electrons. The molecule has 1 aliphatic heterocycles. The lowest BCUT2D eigenvalue weighted by atomic mass is 9.92. The maximum atomic E-state index is 14.5. The first-order valence-electron chi connectivity index (χ1n) is 11.4. The number of rotatable bonds is 8. The van der Waals surface area contributed by atoms with Crippen LogP contribution in [0.4, 0.5) is 8.78 Å². The van der Waals surface area contributed by atoms with Crippen LogP contribution in [0, 0.1) is 11.6 Å². The highest BCUT2D eigenvalue weighted by molar-refractivity contribution is 9.10. The van der Waals surface area contributed by atoms with Crippen molar-refractivity contribution in [3.63, 3.8) is 0 Å². The minimum atomic E-state index is -1.24. The van der Waals surface area contributed by atoms with Crippen LogP contribution in [0.25, 0.3) is 11.3 Å². The van der Waals surface area contributed by atoms with Gasteiger partial charge in [0.05, 0.1) is 36.1 Å². The fourth-order valence-corrected chi connectivity index (χ4v) is 4.95. The Bertz CT molecular complexity index is 1240. The van der Waals surface area contributed by atoms with Crippen molar-refractivity contribution in [1.29, 1.82) is 0 Å². The summed E-state index contributed by atoms with van der Waals surface area (Å²) >= 11 is 2.95. The minimum absolute atomic E-state index is 0.00926. The summed E-state index contributed by atoms with van der Waals surface area (Å²) in [4.78, 5) is 0. The van der Waals surface area contributed by atoms with Crippen LogP contribution < -0.4 is 0 Å². The monoisotopic (exact) mass is 570 g/mol. The van der Waals surface area contributed by atoms with E-state index in [9.17, 15) is 24.1 Å². The van der Waals surface area contributed by atoms with Crippen molar-refractivity contribution < 1.29 is 33.6 Å². The van der Waals surface area contributed by atoms with Crippen molar-refractivity contribution in [3.8, 4) is 11.3 Å². The van der Waals surface area contributed by atoms with Gasteiger partial charge in [-0.2, -0.15) is 0 Å². The van der Waals surface area contributed by atoms with Crippen LogP contribution in [0.15, 0.2) is 29.0 Å². The van der Waals surface area contributed by atoms with Crippen LogP contribution in [-0.4, -0.2) is 90.0 Å². The number of ether oxygens (including phenoxy) is 2. The summed E-state index contributed by atoms with van der Waals surface area (Å²) in [6, 6.07) is 1.86. The summed E-state index contributed by atoms with van der Waals surface area (Å²) < 4.78 is 43.1. The van der Waals surface area contributed by atoms with Crippen molar-refractivity contribution in [2.45, 2.75) is 55.3 Å². The number of hydrogen-bond donors (Lipinski definition) is 3. The molecule has 194 valence electrons. The first-order chi connectivity index (χ1) is 17.3. The molecule has 3 aromatic rings. The Labute approximate surface area is 212 Å². The molecule has 1 saturated heterocycles. The molecule has 1 aromatic carbocycles. The lowest BCUT2D eigenvalue weighted by Gasteiger charge is -2.43. The zero-order valence-corrected chi connectivity index (χ0v) is 20.8. The maximum absolute atomic E-state index is 14.5. The Morgan fingerprint density at radius 1 is 1.14 bits per heavy atom. The van der Waals surface area contributed by atoms with E-state index in [-0.39, 0.29) is 34.3 Å². The molecule has 3 N–H and O–H groups in total. The maximum Gasteiger partial charge on any atom is 0.173 e. The Hall–Kier alpha value is -2.36. The molecule has 5 rings (SSSR count). The quantitative estimate of drug-likeness (QED) is 0.338. The zero-order valence-electron chi connectivity index (χ0n) is 19.2. The fraction of sp³-hybridized carbons (Fsp3) is 0.545. The molecule has 2 aliphatic rings. The molecule has 0 bridgehead atoms. The van der Waals surface area contributed by atoms with Crippen LogP contribution in [0.1, 0.15) is 24.6 Å². The van der Waals surface area contributed by atoms with Crippen molar-refractivity contribution in [3.05, 3.63) is 46.3 Å². The van der Waals surface area contributed by atoms with E-state index in [2.05, 4.69) is 36.6 Å². The Kier molecular flexibility index (Phi) is 6.91. The van der Waals surface area contributed by atoms with Gasteiger partial charge in [0.15, 0.2) is 11.6 Å². The predicted octanol–water partition coefficient (Wildman–Crippen LogP) is 0.978. The standard InChI is InChI=1S/C22H25BrF2N6O5/c1-35-21-14(7-30-8-16(27-28-30)22(10-33)4-5-22)36-15(9-32)20(34)19(21)31-6-13(26-29-31)11-2-3-12(23)18(25)17(11)24/h2-3,6,8,14-15,19-21,32-34H,4-5,7,9-10H2,1H3/t14-,15-,19+,20+,21+/m1/s1. The molecule has 2 fully saturated rings. The van der Waals surface area contributed by atoms with E-state index < -0.39 is 48.7 Å². The molecule has 0 unspecified atom stereocenters. The summed E-state index contributed by atoms with van der Waals surface area (Å²) in [5.74, 6) is -2.14. The summed E-state index contributed by atoms with van der Waals surface area (Å²) in [5, 5.41) is 46.9. The highest BCUT2D eigenvalue weighted by atomic mass is 79.9. The van der Waals surface area contributed by atoms with E-state index in [1.807, 2.05) is 0 Å². The molecule has 0 amide bonds. The van der Waals surface area contributed by atoms with Crippen molar-refractivity contribution in [2.75, 3.05) is 20.3 Å². The highest BCUT2D eigenvalue weighted by Crippen LogP contribution is 2.46. The smallest absolute Gasteiger partial charge is 0.173 e. The van der Waals surface area contributed by atoms with Gasteiger partial charge in [-0.15, -0.1) is 10.2 Å². The number of aromatic nitrogens is 6. The first-order valence-corrected chi connectivity index (χ1v) is 12.2. The molecule has 2 aromatic heterocycles. The van der Waals surface area contributed by atoms with Gasteiger partial charge in [0.2, 0.25) is 0 Å². The molecule has 11 nitrogen and oxygen atoms in total. The minimum Gasteiger partial charge on any atom is -0.395 e. The van der Waals surface area contributed by atoms with E-state index in [0.29, 0.717) is 5.69 Å². The number of aliphatic hydroxyl groups excluding tert-OH is 3.